The lowest BCUT2D eigenvalue weighted by Crippen LogP contribution is -2.69. The Bertz CT molecular complexity index is 1390. The van der Waals surface area contributed by atoms with Crippen LogP contribution >= 0.6 is 11.8 Å². The van der Waals surface area contributed by atoms with Gasteiger partial charge in [-0.2, -0.15) is 0 Å². The van der Waals surface area contributed by atoms with Gasteiger partial charge in [0.05, 0.1) is 18.3 Å². The van der Waals surface area contributed by atoms with Crippen molar-refractivity contribution < 1.29 is 36.1 Å². The molecule has 1 amide bonds. The molecule has 2 fully saturated rings. The molecule has 0 bridgehead atoms. The number of thioether (sulfide) groups is 1. The predicted octanol–water partition coefficient (Wildman–Crippen LogP) is 1.27. The molecule has 2 N–H and O–H groups in total. The third-order valence-electron chi connectivity index (χ3n) is 7.56. The van der Waals surface area contributed by atoms with Crippen LogP contribution in [0.15, 0.2) is 30.0 Å². The van der Waals surface area contributed by atoms with Gasteiger partial charge < -0.3 is 0 Å². The maximum absolute atomic E-state index is 14.0. The molecular weight excluding hydrogens is 528 g/mol. The number of benzene rings is 1. The van der Waals surface area contributed by atoms with E-state index in [1.54, 1.807) is 7.05 Å². The zero-order valence-electron chi connectivity index (χ0n) is 20.4. The Balaban J connectivity index is 1.65. The Morgan fingerprint density at radius 1 is 1.19 bits per heavy atom. The SMILES string of the molecule is CN1C(=O)C2C(=O)C(=O)C(C(=N)SC(=N)Cc3ccc(F)cc3F)=C[N+]2(C)C12CCN(S(C)(=O)=O)CC2. The lowest BCUT2D eigenvalue weighted by Gasteiger charge is -2.51. The Morgan fingerprint density at radius 2 is 1.81 bits per heavy atom. The van der Waals surface area contributed by atoms with Gasteiger partial charge in [-0.25, -0.2) is 21.5 Å². The topological polar surface area (TPSA) is 140 Å². The van der Waals surface area contributed by atoms with Gasteiger partial charge in [0.2, 0.25) is 21.8 Å². The number of hydrogen-bond acceptors (Lipinski definition) is 8. The number of carbonyl (C=O) groups is 3. The van der Waals surface area contributed by atoms with Crippen LogP contribution < -0.4 is 0 Å². The number of amides is 1. The highest BCUT2D eigenvalue weighted by molar-refractivity contribution is 8.26. The van der Waals surface area contributed by atoms with Crippen molar-refractivity contribution in [2.45, 2.75) is 31.0 Å². The maximum Gasteiger partial charge on any atom is 0.294 e. The van der Waals surface area contributed by atoms with Crippen LogP contribution in [0.1, 0.15) is 18.4 Å². The highest BCUT2D eigenvalue weighted by atomic mass is 32.2. The average molecular weight is 555 g/mol. The van der Waals surface area contributed by atoms with Crippen molar-refractivity contribution in [1.29, 1.82) is 10.8 Å². The van der Waals surface area contributed by atoms with Gasteiger partial charge in [-0.1, -0.05) is 17.8 Å². The second kappa shape index (κ2) is 9.19. The first-order valence-corrected chi connectivity index (χ1v) is 14.0. The fourth-order valence-electron chi connectivity index (χ4n) is 5.52. The third kappa shape index (κ3) is 4.35. The molecule has 3 aliphatic rings. The van der Waals surface area contributed by atoms with Crippen molar-refractivity contribution in [1.82, 2.24) is 9.21 Å². The van der Waals surface area contributed by atoms with Crippen LogP contribution in [0, 0.1) is 22.5 Å². The molecule has 3 heterocycles. The number of rotatable bonds is 4. The van der Waals surface area contributed by atoms with Crippen molar-refractivity contribution in [2.75, 3.05) is 33.4 Å². The molecule has 37 heavy (non-hydrogen) atoms. The Hall–Kier alpha value is -2.81. The number of quaternary nitrogens is 1. The Labute approximate surface area is 216 Å². The van der Waals surface area contributed by atoms with Crippen molar-refractivity contribution in [3.8, 4) is 0 Å². The number of ketones is 2. The number of nitrogens with zero attached hydrogens (tertiary/aromatic N) is 3. The van der Waals surface area contributed by atoms with E-state index in [0.29, 0.717) is 17.8 Å². The van der Waals surface area contributed by atoms with E-state index in [0.717, 1.165) is 12.3 Å². The minimum atomic E-state index is -3.46. The van der Waals surface area contributed by atoms with E-state index < -0.39 is 55.9 Å². The predicted molar refractivity (Wildman–Crippen MR) is 132 cm³/mol. The lowest BCUT2D eigenvalue weighted by molar-refractivity contribution is -0.921. The second-order valence-corrected chi connectivity index (χ2v) is 12.7. The number of piperidine rings is 1. The molecule has 0 radical (unpaired) electrons. The Kier molecular flexibility index (Phi) is 6.76. The largest absolute Gasteiger partial charge is 0.298 e. The molecular formula is C23H26F2N5O5S2+. The zero-order valence-corrected chi connectivity index (χ0v) is 22.0. The minimum absolute atomic E-state index is 0.0362. The molecule has 2 atom stereocenters. The molecule has 1 spiro atoms. The standard InChI is InChI=1S/C23H26F2N5O5S2/c1-28-22(33)18-20(32)19(31)15(21(27)36-17(26)10-13-4-5-14(24)11-16(13)25)12-30(18,2)23(28)6-8-29(9-7-23)37(3,34)35/h4-5,11-12,18,26-27H,6-10H2,1-3H3/q+1. The smallest absolute Gasteiger partial charge is 0.294 e. The fraction of sp³-hybridized carbons (Fsp3) is 0.435. The van der Waals surface area contributed by atoms with E-state index in [2.05, 4.69) is 0 Å². The molecule has 1 aromatic carbocycles. The first-order chi connectivity index (χ1) is 17.1. The number of carbonyl (C=O) groups excluding carboxylic acids is 3. The molecule has 0 saturated carbocycles. The number of sulfonamides is 1. The van der Waals surface area contributed by atoms with Crippen LogP contribution in [0.3, 0.4) is 0 Å². The number of likely N-dealkylation sites (N-methyl/N-ethyl adjacent to an activating group) is 2. The quantitative estimate of drug-likeness (QED) is 0.189. The summed E-state index contributed by atoms with van der Waals surface area (Å²) in [5.74, 6) is -4.16. The van der Waals surface area contributed by atoms with E-state index in [9.17, 15) is 31.6 Å². The van der Waals surface area contributed by atoms with Crippen LogP contribution in [-0.4, -0.2) is 94.8 Å². The average Bonchev–Trinajstić information content (AvgIpc) is 2.96. The van der Waals surface area contributed by atoms with Gasteiger partial charge in [-0.05, 0) is 11.6 Å². The summed E-state index contributed by atoms with van der Waals surface area (Å²) in [5, 5.41) is 16.0. The van der Waals surface area contributed by atoms with E-state index in [1.165, 1.54) is 28.5 Å². The highest BCUT2D eigenvalue weighted by Crippen LogP contribution is 2.48. The van der Waals surface area contributed by atoms with Crippen LogP contribution in [0.5, 0.6) is 0 Å². The third-order valence-corrected chi connectivity index (χ3v) is 9.68. The number of Topliss-reactive ketones (excluding diaryl/α,β-unsaturated/α-hetero) is 2. The summed E-state index contributed by atoms with van der Waals surface area (Å²) in [6.45, 7) is 0.227. The summed E-state index contributed by atoms with van der Waals surface area (Å²) in [6.07, 6.45) is 2.66. The molecule has 0 aromatic heterocycles. The molecule has 1 aromatic rings. The molecule has 198 valence electrons. The summed E-state index contributed by atoms with van der Waals surface area (Å²) in [4.78, 5) is 40.8. The second-order valence-electron chi connectivity index (χ2n) is 9.59. The molecule has 2 unspecified atom stereocenters. The summed E-state index contributed by atoms with van der Waals surface area (Å²) < 4.78 is 52.2. The van der Waals surface area contributed by atoms with E-state index in [4.69, 9.17) is 10.8 Å². The summed E-state index contributed by atoms with van der Waals surface area (Å²) in [5.41, 5.74) is -1.25. The molecule has 0 aliphatic carbocycles. The summed E-state index contributed by atoms with van der Waals surface area (Å²) >= 11 is 0.562. The van der Waals surface area contributed by atoms with Crippen LogP contribution in [0.2, 0.25) is 0 Å². The fourth-order valence-corrected chi connectivity index (χ4v) is 7.10. The van der Waals surface area contributed by atoms with Crippen molar-refractivity contribution in [2.24, 2.45) is 0 Å². The molecule has 3 aliphatic heterocycles. The first-order valence-electron chi connectivity index (χ1n) is 11.3. The van der Waals surface area contributed by atoms with Crippen LogP contribution in [-0.2, 0) is 30.8 Å². The van der Waals surface area contributed by atoms with E-state index in [-0.39, 0.29) is 53.0 Å². The number of halogens is 2. The molecule has 10 nitrogen and oxygen atoms in total. The van der Waals surface area contributed by atoms with Crippen molar-refractivity contribution in [3.05, 3.63) is 47.2 Å². The van der Waals surface area contributed by atoms with Crippen molar-refractivity contribution in [3.63, 3.8) is 0 Å². The van der Waals surface area contributed by atoms with Crippen LogP contribution in [0.25, 0.3) is 0 Å². The van der Waals surface area contributed by atoms with E-state index >= 15 is 0 Å². The van der Waals surface area contributed by atoms with Gasteiger partial charge in [0, 0.05) is 45.5 Å². The van der Waals surface area contributed by atoms with Gasteiger partial charge in [0.15, 0.2) is 5.66 Å². The monoisotopic (exact) mass is 554 g/mol. The van der Waals surface area contributed by atoms with Gasteiger partial charge >= 0.3 is 0 Å². The summed E-state index contributed by atoms with van der Waals surface area (Å²) in [7, 11) is -0.322. The van der Waals surface area contributed by atoms with Gasteiger partial charge in [0.1, 0.15) is 28.5 Å². The number of hydrogen-bond donors (Lipinski definition) is 2. The Morgan fingerprint density at radius 3 is 2.38 bits per heavy atom. The van der Waals surface area contributed by atoms with Crippen molar-refractivity contribution >= 4 is 49.3 Å². The number of nitrogens with one attached hydrogen (secondary N) is 2. The first kappa shape index (κ1) is 27.2. The normalized spacial score (nSPS) is 25.9. The maximum atomic E-state index is 14.0. The minimum Gasteiger partial charge on any atom is -0.298 e. The van der Waals surface area contributed by atoms with Gasteiger partial charge in [0.25, 0.3) is 11.7 Å². The van der Waals surface area contributed by atoms with Gasteiger partial charge in [-0.15, -0.1) is 0 Å². The summed E-state index contributed by atoms with van der Waals surface area (Å²) in [6, 6.07) is 1.57. The van der Waals surface area contributed by atoms with Gasteiger partial charge in [-0.3, -0.25) is 34.6 Å². The molecule has 4 rings (SSSR count). The molecule has 2 saturated heterocycles. The van der Waals surface area contributed by atoms with Crippen LogP contribution in [0.4, 0.5) is 8.78 Å². The molecule has 14 heteroatoms. The zero-order chi connectivity index (χ0) is 27.5. The van der Waals surface area contributed by atoms with E-state index in [1.807, 2.05) is 0 Å². The lowest BCUT2D eigenvalue weighted by atomic mass is 9.89. The highest BCUT2D eigenvalue weighted by Gasteiger charge is 2.70. The number of fused-ring (bicyclic) bond motifs is 2.